The first-order valence-corrected chi connectivity index (χ1v) is 8.48. The molecule has 5 heteroatoms. The lowest BCUT2D eigenvalue weighted by molar-refractivity contribution is -0.116. The van der Waals surface area contributed by atoms with Crippen LogP contribution in [0.3, 0.4) is 0 Å². The molecule has 1 atom stereocenters. The molecule has 1 amide bonds. The van der Waals surface area contributed by atoms with Gasteiger partial charge in [0, 0.05) is 36.2 Å². The van der Waals surface area contributed by atoms with Crippen molar-refractivity contribution in [1.29, 1.82) is 0 Å². The number of thioether (sulfide) groups is 1. The van der Waals surface area contributed by atoms with Crippen LogP contribution in [-0.2, 0) is 4.79 Å². The highest BCUT2D eigenvalue weighted by Crippen LogP contribution is 2.20. The van der Waals surface area contributed by atoms with Crippen LogP contribution in [0, 0.1) is 0 Å². The molecule has 1 aliphatic heterocycles. The van der Waals surface area contributed by atoms with E-state index in [-0.39, 0.29) is 17.6 Å². The Bertz CT molecular complexity index is 462. The van der Waals surface area contributed by atoms with E-state index in [9.17, 15) is 4.79 Å². The minimum atomic E-state index is -0.213. The van der Waals surface area contributed by atoms with Crippen LogP contribution in [0.2, 0.25) is 0 Å². The van der Waals surface area contributed by atoms with Gasteiger partial charge >= 0.3 is 0 Å². The third-order valence-corrected chi connectivity index (χ3v) is 4.12. The summed E-state index contributed by atoms with van der Waals surface area (Å²) in [4.78, 5) is 12.0. The molecule has 1 heterocycles. The summed E-state index contributed by atoms with van der Waals surface area (Å²) in [6.07, 6.45) is 0.521. The predicted molar refractivity (Wildman–Crippen MR) is 89.2 cm³/mol. The summed E-state index contributed by atoms with van der Waals surface area (Å²) in [7, 11) is 0. The fraction of sp³-hybridized carbons (Fsp3) is 0.562. The Morgan fingerprint density at radius 3 is 2.67 bits per heavy atom. The van der Waals surface area contributed by atoms with Crippen molar-refractivity contribution >= 4 is 23.4 Å². The molecule has 4 nitrogen and oxygen atoms in total. The maximum atomic E-state index is 12.0. The number of hydrogen-bond acceptors (Lipinski definition) is 4. The standard InChI is InChI=1S/C16H24N2O2S/c1-16(2,3)20-14-6-4-12(5-7-14)18-15(19)10-13-11-21-9-8-17-13/h4-7,13,17H,8-11H2,1-3H3,(H,18,19). The summed E-state index contributed by atoms with van der Waals surface area (Å²) in [6, 6.07) is 7.81. The highest BCUT2D eigenvalue weighted by molar-refractivity contribution is 7.99. The van der Waals surface area contributed by atoms with Gasteiger partial charge in [0.15, 0.2) is 0 Å². The Hall–Kier alpha value is -1.20. The van der Waals surface area contributed by atoms with Crippen molar-refractivity contribution in [1.82, 2.24) is 5.32 Å². The van der Waals surface area contributed by atoms with E-state index in [0.717, 1.165) is 29.5 Å². The summed E-state index contributed by atoms with van der Waals surface area (Å²) in [5.41, 5.74) is 0.597. The Morgan fingerprint density at radius 1 is 1.38 bits per heavy atom. The van der Waals surface area contributed by atoms with Gasteiger partial charge in [-0.15, -0.1) is 0 Å². The monoisotopic (exact) mass is 308 g/mol. The van der Waals surface area contributed by atoms with Gasteiger partial charge in [-0.2, -0.15) is 11.8 Å². The van der Waals surface area contributed by atoms with Crippen LogP contribution in [0.5, 0.6) is 5.75 Å². The Morgan fingerprint density at radius 2 is 2.10 bits per heavy atom. The predicted octanol–water partition coefficient (Wildman–Crippen LogP) is 2.90. The van der Waals surface area contributed by atoms with Crippen molar-refractivity contribution in [2.75, 3.05) is 23.4 Å². The Balaban J connectivity index is 1.83. The zero-order valence-electron chi connectivity index (χ0n) is 12.9. The highest BCUT2D eigenvalue weighted by Gasteiger charge is 2.17. The van der Waals surface area contributed by atoms with Gasteiger partial charge in [0.05, 0.1) is 0 Å². The zero-order valence-corrected chi connectivity index (χ0v) is 13.8. The second kappa shape index (κ2) is 7.18. The fourth-order valence-corrected chi connectivity index (χ4v) is 3.10. The molecule has 0 aliphatic carbocycles. The maximum Gasteiger partial charge on any atom is 0.225 e. The Labute approximate surface area is 131 Å². The third kappa shape index (κ3) is 5.98. The minimum Gasteiger partial charge on any atom is -0.488 e. The number of carbonyl (C=O) groups is 1. The minimum absolute atomic E-state index is 0.0551. The molecule has 0 spiro atoms. The van der Waals surface area contributed by atoms with Gasteiger partial charge in [-0.05, 0) is 45.0 Å². The molecule has 1 fully saturated rings. The number of anilines is 1. The van der Waals surface area contributed by atoms with Crippen molar-refractivity contribution in [3.05, 3.63) is 24.3 Å². The average Bonchev–Trinajstić information content (AvgIpc) is 2.40. The van der Waals surface area contributed by atoms with Crippen LogP contribution in [-0.4, -0.2) is 35.6 Å². The lowest BCUT2D eigenvalue weighted by Crippen LogP contribution is -2.39. The second-order valence-corrected chi connectivity index (χ2v) is 7.37. The molecule has 1 aliphatic rings. The summed E-state index contributed by atoms with van der Waals surface area (Å²) in [5.74, 6) is 3.00. The van der Waals surface area contributed by atoms with Crippen molar-refractivity contribution < 1.29 is 9.53 Å². The Kier molecular flexibility index (Phi) is 5.53. The first-order valence-electron chi connectivity index (χ1n) is 7.32. The van der Waals surface area contributed by atoms with Crippen LogP contribution in [0.4, 0.5) is 5.69 Å². The number of ether oxygens (including phenoxy) is 1. The molecule has 2 rings (SSSR count). The van der Waals surface area contributed by atoms with Crippen molar-refractivity contribution in [2.24, 2.45) is 0 Å². The van der Waals surface area contributed by atoms with Crippen molar-refractivity contribution in [2.45, 2.75) is 38.8 Å². The maximum absolute atomic E-state index is 12.0. The topological polar surface area (TPSA) is 50.4 Å². The second-order valence-electron chi connectivity index (χ2n) is 6.22. The number of hydrogen-bond donors (Lipinski definition) is 2. The first-order chi connectivity index (χ1) is 9.92. The van der Waals surface area contributed by atoms with Gasteiger partial charge in [-0.1, -0.05) is 0 Å². The summed E-state index contributed by atoms with van der Waals surface area (Å²) in [5, 5.41) is 6.30. The molecule has 0 radical (unpaired) electrons. The van der Waals surface area contributed by atoms with Crippen LogP contribution in [0.25, 0.3) is 0 Å². The first kappa shape index (κ1) is 16.2. The van der Waals surface area contributed by atoms with E-state index in [1.807, 2.05) is 56.8 Å². The molecular formula is C16H24N2O2S. The molecule has 1 unspecified atom stereocenters. The van der Waals surface area contributed by atoms with Crippen molar-refractivity contribution in [3.8, 4) is 5.75 Å². The van der Waals surface area contributed by atoms with Gasteiger partial charge in [-0.3, -0.25) is 4.79 Å². The molecule has 0 bridgehead atoms. The number of amides is 1. The van der Waals surface area contributed by atoms with Crippen molar-refractivity contribution in [3.63, 3.8) is 0 Å². The average molecular weight is 308 g/mol. The fourth-order valence-electron chi connectivity index (χ4n) is 2.15. The number of nitrogens with one attached hydrogen (secondary N) is 2. The molecular weight excluding hydrogens is 284 g/mol. The van der Waals surface area contributed by atoms with Gasteiger partial charge in [-0.25, -0.2) is 0 Å². The number of rotatable bonds is 4. The quantitative estimate of drug-likeness (QED) is 0.898. The van der Waals surface area contributed by atoms with Gasteiger partial charge in [0.25, 0.3) is 0 Å². The van der Waals surface area contributed by atoms with Crippen LogP contribution in [0.15, 0.2) is 24.3 Å². The molecule has 0 saturated carbocycles. The normalized spacial score (nSPS) is 19.1. The molecule has 21 heavy (non-hydrogen) atoms. The molecule has 116 valence electrons. The van der Waals surface area contributed by atoms with Gasteiger partial charge in [0.2, 0.25) is 5.91 Å². The van der Waals surface area contributed by atoms with E-state index in [0.29, 0.717) is 6.42 Å². The van der Waals surface area contributed by atoms with Crippen LogP contribution < -0.4 is 15.4 Å². The SMILES string of the molecule is CC(C)(C)Oc1ccc(NC(=O)CC2CSCCN2)cc1. The van der Waals surface area contributed by atoms with Gasteiger partial charge in [0.1, 0.15) is 11.4 Å². The smallest absolute Gasteiger partial charge is 0.225 e. The zero-order chi connectivity index (χ0) is 15.3. The summed E-state index contributed by atoms with van der Waals surface area (Å²) in [6.45, 7) is 7.02. The van der Waals surface area contributed by atoms with Crippen LogP contribution in [0.1, 0.15) is 27.2 Å². The van der Waals surface area contributed by atoms with Gasteiger partial charge < -0.3 is 15.4 Å². The lowest BCUT2D eigenvalue weighted by Gasteiger charge is -2.23. The lowest BCUT2D eigenvalue weighted by atomic mass is 10.2. The largest absolute Gasteiger partial charge is 0.488 e. The summed E-state index contributed by atoms with van der Waals surface area (Å²) >= 11 is 1.90. The van der Waals surface area contributed by atoms with E-state index in [1.54, 1.807) is 0 Å². The highest BCUT2D eigenvalue weighted by atomic mass is 32.2. The molecule has 1 saturated heterocycles. The van der Waals surface area contributed by atoms with Crippen LogP contribution >= 0.6 is 11.8 Å². The van der Waals surface area contributed by atoms with E-state index in [2.05, 4.69) is 10.6 Å². The molecule has 1 aromatic carbocycles. The number of benzene rings is 1. The van der Waals surface area contributed by atoms with E-state index in [1.165, 1.54) is 0 Å². The molecule has 0 aromatic heterocycles. The molecule has 2 N–H and O–H groups in total. The van der Waals surface area contributed by atoms with E-state index < -0.39 is 0 Å². The number of carbonyl (C=O) groups excluding carboxylic acids is 1. The van der Waals surface area contributed by atoms with E-state index >= 15 is 0 Å². The third-order valence-electron chi connectivity index (χ3n) is 2.99. The summed E-state index contributed by atoms with van der Waals surface area (Å²) < 4.78 is 5.76. The molecule has 1 aromatic rings. The van der Waals surface area contributed by atoms with E-state index in [4.69, 9.17) is 4.74 Å².